The van der Waals surface area contributed by atoms with Crippen LogP contribution in [0.15, 0.2) is 67.0 Å². The number of hydrogen-bond acceptors (Lipinski definition) is 2. The van der Waals surface area contributed by atoms with E-state index >= 15 is 0 Å². The third-order valence-electron chi connectivity index (χ3n) is 3.88. The molecular formula is C19H20N2O. The summed E-state index contributed by atoms with van der Waals surface area (Å²) in [4.78, 5) is 7.76. The molecule has 0 radical (unpaired) electrons. The van der Waals surface area contributed by atoms with Crippen molar-refractivity contribution in [1.82, 2.24) is 9.97 Å². The Balaban J connectivity index is 2.31. The number of ether oxygens (including phenoxy) is 1. The summed E-state index contributed by atoms with van der Waals surface area (Å²) in [6.07, 6.45) is 1.73. The molecule has 0 atom stereocenters. The summed E-state index contributed by atoms with van der Waals surface area (Å²) < 4.78 is 6.34. The molecule has 0 saturated heterocycles. The van der Waals surface area contributed by atoms with Gasteiger partial charge in [-0.3, -0.25) is 0 Å². The number of hydrogen-bond donors (Lipinski definition) is 1. The third-order valence-corrected chi connectivity index (χ3v) is 3.88. The van der Waals surface area contributed by atoms with Crippen LogP contribution in [0.3, 0.4) is 0 Å². The van der Waals surface area contributed by atoms with Gasteiger partial charge >= 0.3 is 0 Å². The molecule has 3 aromatic rings. The fourth-order valence-electron chi connectivity index (χ4n) is 2.95. The highest BCUT2D eigenvalue weighted by molar-refractivity contribution is 5.46. The molecule has 0 amide bonds. The number of aromatic nitrogens is 2. The fraction of sp³-hybridized carbons (Fsp3) is 0.211. The van der Waals surface area contributed by atoms with Crippen molar-refractivity contribution >= 4 is 0 Å². The highest BCUT2D eigenvalue weighted by atomic mass is 16.5. The van der Waals surface area contributed by atoms with E-state index in [2.05, 4.69) is 34.2 Å². The van der Waals surface area contributed by atoms with E-state index in [-0.39, 0.29) is 0 Å². The zero-order valence-corrected chi connectivity index (χ0v) is 12.9. The van der Waals surface area contributed by atoms with Crippen molar-refractivity contribution in [3.63, 3.8) is 0 Å². The van der Waals surface area contributed by atoms with Crippen molar-refractivity contribution in [2.75, 3.05) is 6.61 Å². The van der Waals surface area contributed by atoms with Gasteiger partial charge in [-0.25, -0.2) is 4.98 Å². The smallest absolute Gasteiger partial charge is 0.162 e. The van der Waals surface area contributed by atoms with Crippen LogP contribution < -0.4 is 0 Å². The number of nitrogens with one attached hydrogen (secondary N) is 1. The van der Waals surface area contributed by atoms with E-state index in [4.69, 9.17) is 4.74 Å². The second kappa shape index (κ2) is 6.16. The van der Waals surface area contributed by atoms with Crippen molar-refractivity contribution < 1.29 is 4.74 Å². The Morgan fingerprint density at radius 2 is 1.50 bits per heavy atom. The Labute approximate surface area is 131 Å². The predicted molar refractivity (Wildman–Crippen MR) is 87.7 cm³/mol. The van der Waals surface area contributed by atoms with E-state index in [1.807, 2.05) is 50.2 Å². The summed E-state index contributed by atoms with van der Waals surface area (Å²) in [7, 11) is 0. The lowest BCUT2D eigenvalue weighted by atomic mass is 9.82. The first-order valence-corrected chi connectivity index (χ1v) is 7.54. The number of aryl methyl sites for hydroxylation is 1. The molecule has 0 bridgehead atoms. The molecule has 1 N–H and O–H groups in total. The molecule has 3 rings (SSSR count). The predicted octanol–water partition coefficient (Wildman–Crippen LogP) is 4.05. The molecule has 0 fully saturated rings. The van der Waals surface area contributed by atoms with Gasteiger partial charge in [-0.15, -0.1) is 0 Å². The van der Waals surface area contributed by atoms with E-state index in [0.29, 0.717) is 6.61 Å². The van der Waals surface area contributed by atoms with Crippen molar-refractivity contribution in [2.24, 2.45) is 0 Å². The minimum atomic E-state index is -0.693. The van der Waals surface area contributed by atoms with Gasteiger partial charge in [0.05, 0.1) is 6.33 Å². The van der Waals surface area contributed by atoms with Gasteiger partial charge in [0.15, 0.2) is 5.60 Å². The van der Waals surface area contributed by atoms with E-state index in [9.17, 15) is 0 Å². The van der Waals surface area contributed by atoms with Crippen LogP contribution in [0.25, 0.3) is 0 Å². The maximum absolute atomic E-state index is 6.34. The second-order valence-electron chi connectivity index (χ2n) is 5.22. The van der Waals surface area contributed by atoms with Gasteiger partial charge in [0, 0.05) is 12.3 Å². The van der Waals surface area contributed by atoms with E-state index < -0.39 is 5.60 Å². The van der Waals surface area contributed by atoms with Gasteiger partial charge in [0.1, 0.15) is 5.69 Å². The number of imidazole rings is 1. The lowest BCUT2D eigenvalue weighted by molar-refractivity contribution is 0.0182. The molecule has 0 aliphatic heterocycles. The maximum Gasteiger partial charge on any atom is 0.162 e. The molecule has 3 nitrogen and oxygen atoms in total. The molecule has 3 heteroatoms. The maximum atomic E-state index is 6.34. The van der Waals surface area contributed by atoms with Crippen LogP contribution in [0.1, 0.15) is 29.4 Å². The first-order valence-electron chi connectivity index (χ1n) is 7.54. The van der Waals surface area contributed by atoms with Crippen molar-refractivity contribution in [1.29, 1.82) is 0 Å². The van der Waals surface area contributed by atoms with Gasteiger partial charge in [0.2, 0.25) is 0 Å². The molecule has 0 aliphatic rings. The molecule has 0 spiro atoms. The van der Waals surface area contributed by atoms with Crippen LogP contribution >= 0.6 is 0 Å². The molecule has 0 saturated carbocycles. The minimum absolute atomic E-state index is 0.593. The standard InChI is InChI=1S/C19H20N2O/c1-3-22-19(16-10-6-4-7-11-16,17-12-8-5-9-13-17)18-15(2)20-14-21-18/h4-14H,3H2,1-2H3,(H,20,21). The third kappa shape index (κ3) is 2.34. The van der Waals surface area contributed by atoms with Gasteiger partial charge in [-0.1, -0.05) is 60.7 Å². The lowest BCUT2D eigenvalue weighted by Gasteiger charge is -2.34. The molecule has 2 aromatic carbocycles. The summed E-state index contributed by atoms with van der Waals surface area (Å²) in [5.74, 6) is 0. The summed E-state index contributed by atoms with van der Waals surface area (Å²) in [5, 5.41) is 0. The number of benzene rings is 2. The highest BCUT2D eigenvalue weighted by Gasteiger charge is 2.40. The Kier molecular flexibility index (Phi) is 4.07. The largest absolute Gasteiger partial charge is 0.359 e. The Morgan fingerprint density at radius 3 is 1.91 bits per heavy atom. The molecule has 0 aliphatic carbocycles. The van der Waals surface area contributed by atoms with Gasteiger partial charge in [-0.05, 0) is 25.0 Å². The number of rotatable bonds is 5. The number of nitrogens with zero attached hydrogens (tertiary/aromatic N) is 1. The molecule has 0 unspecified atom stereocenters. The fourth-order valence-corrected chi connectivity index (χ4v) is 2.95. The van der Waals surface area contributed by atoms with E-state index in [1.165, 1.54) is 0 Å². The van der Waals surface area contributed by atoms with Gasteiger partial charge in [0.25, 0.3) is 0 Å². The zero-order valence-electron chi connectivity index (χ0n) is 12.9. The minimum Gasteiger partial charge on any atom is -0.359 e. The Morgan fingerprint density at radius 1 is 0.955 bits per heavy atom. The van der Waals surface area contributed by atoms with Crippen LogP contribution in [0.2, 0.25) is 0 Å². The Hall–Kier alpha value is -2.39. The van der Waals surface area contributed by atoms with Crippen LogP contribution in [-0.4, -0.2) is 16.6 Å². The normalized spacial score (nSPS) is 11.5. The van der Waals surface area contributed by atoms with Crippen molar-refractivity contribution in [2.45, 2.75) is 19.4 Å². The SMILES string of the molecule is CCOC(c1ccccc1)(c1ccccc1)c1nc[nH]c1C. The average molecular weight is 292 g/mol. The molecular weight excluding hydrogens is 272 g/mol. The first kappa shape index (κ1) is 14.5. The lowest BCUT2D eigenvalue weighted by Crippen LogP contribution is -2.34. The summed E-state index contributed by atoms with van der Waals surface area (Å²) in [5.41, 5.74) is 3.39. The van der Waals surface area contributed by atoms with Gasteiger partial charge in [-0.2, -0.15) is 0 Å². The van der Waals surface area contributed by atoms with Crippen LogP contribution in [-0.2, 0) is 10.3 Å². The van der Waals surface area contributed by atoms with Crippen LogP contribution in [0, 0.1) is 6.92 Å². The summed E-state index contributed by atoms with van der Waals surface area (Å²) in [6.45, 7) is 4.64. The van der Waals surface area contributed by atoms with Crippen molar-refractivity contribution in [3.8, 4) is 0 Å². The zero-order chi connectivity index (χ0) is 15.4. The van der Waals surface area contributed by atoms with E-state index in [0.717, 1.165) is 22.5 Å². The van der Waals surface area contributed by atoms with Crippen LogP contribution in [0.4, 0.5) is 0 Å². The second-order valence-corrected chi connectivity index (χ2v) is 5.22. The van der Waals surface area contributed by atoms with Crippen LogP contribution in [0.5, 0.6) is 0 Å². The highest BCUT2D eigenvalue weighted by Crippen LogP contribution is 2.40. The summed E-state index contributed by atoms with van der Waals surface area (Å²) in [6, 6.07) is 20.6. The number of H-pyrrole nitrogens is 1. The average Bonchev–Trinajstić information content (AvgIpc) is 3.01. The first-order chi connectivity index (χ1) is 10.8. The molecule has 1 aromatic heterocycles. The van der Waals surface area contributed by atoms with E-state index in [1.54, 1.807) is 6.33 Å². The topological polar surface area (TPSA) is 37.9 Å². The molecule has 1 heterocycles. The monoisotopic (exact) mass is 292 g/mol. The summed E-state index contributed by atoms with van der Waals surface area (Å²) >= 11 is 0. The van der Waals surface area contributed by atoms with Gasteiger partial charge < -0.3 is 9.72 Å². The molecule has 112 valence electrons. The Bertz CT molecular complexity index is 680. The molecule has 22 heavy (non-hydrogen) atoms. The quantitative estimate of drug-likeness (QED) is 0.770. The number of aromatic amines is 1. The van der Waals surface area contributed by atoms with Crippen molar-refractivity contribution in [3.05, 3.63) is 89.5 Å².